The number of β-amino-alcohol motifs (C(OH)–C–C–N with tert-alkyl or cyclic N) is 1. The molecule has 4 heteroatoms. The third-order valence-electron chi connectivity index (χ3n) is 3.90. The fourth-order valence-corrected chi connectivity index (χ4v) is 2.45. The van der Waals surface area contributed by atoms with Crippen LogP contribution in [0.3, 0.4) is 0 Å². The molecule has 1 heterocycles. The van der Waals surface area contributed by atoms with Gasteiger partial charge in [-0.15, -0.1) is 0 Å². The van der Waals surface area contributed by atoms with Crippen molar-refractivity contribution in [1.82, 2.24) is 15.1 Å². The number of hydrogen-bond acceptors (Lipinski definition) is 4. The van der Waals surface area contributed by atoms with Gasteiger partial charge in [-0.25, -0.2) is 0 Å². The van der Waals surface area contributed by atoms with E-state index in [0.717, 1.165) is 52.2 Å². The monoisotopic (exact) mass is 257 g/mol. The van der Waals surface area contributed by atoms with E-state index in [2.05, 4.69) is 35.9 Å². The van der Waals surface area contributed by atoms with Gasteiger partial charge in [-0.3, -0.25) is 9.80 Å². The van der Waals surface area contributed by atoms with Crippen molar-refractivity contribution < 1.29 is 5.11 Å². The smallest absolute Gasteiger partial charge is 0.0791 e. The number of rotatable bonds is 8. The molecular formula is C14H31N3O. The Morgan fingerprint density at radius 3 is 2.39 bits per heavy atom. The van der Waals surface area contributed by atoms with E-state index in [1.165, 1.54) is 6.42 Å². The van der Waals surface area contributed by atoms with Crippen LogP contribution in [-0.2, 0) is 0 Å². The second-order valence-corrected chi connectivity index (χ2v) is 5.45. The highest BCUT2D eigenvalue weighted by molar-refractivity contribution is 4.77. The Balaban J connectivity index is 2.14. The third-order valence-corrected chi connectivity index (χ3v) is 3.90. The van der Waals surface area contributed by atoms with Crippen LogP contribution in [0.2, 0.25) is 0 Å². The van der Waals surface area contributed by atoms with Crippen molar-refractivity contribution in [1.29, 1.82) is 0 Å². The van der Waals surface area contributed by atoms with Crippen molar-refractivity contribution in [2.75, 3.05) is 45.8 Å². The molecule has 0 aromatic heterocycles. The average molecular weight is 257 g/mol. The molecule has 0 saturated carbocycles. The van der Waals surface area contributed by atoms with Crippen molar-refractivity contribution in [3.63, 3.8) is 0 Å². The summed E-state index contributed by atoms with van der Waals surface area (Å²) in [6.45, 7) is 13.7. The maximum atomic E-state index is 9.93. The molecular weight excluding hydrogens is 226 g/mol. The predicted octanol–water partition coefficient (Wildman–Crippen LogP) is 0.763. The van der Waals surface area contributed by atoms with Crippen LogP contribution in [0.15, 0.2) is 0 Å². The number of aliphatic hydroxyl groups excluding tert-OH is 1. The number of nitrogens with one attached hydrogen (secondary N) is 1. The number of aliphatic hydroxyl groups is 1. The van der Waals surface area contributed by atoms with Crippen molar-refractivity contribution >= 4 is 0 Å². The molecule has 1 rings (SSSR count). The molecule has 0 spiro atoms. The van der Waals surface area contributed by atoms with Gasteiger partial charge < -0.3 is 10.4 Å². The van der Waals surface area contributed by atoms with E-state index in [-0.39, 0.29) is 6.10 Å². The Bertz CT molecular complexity index is 205. The lowest BCUT2D eigenvalue weighted by Gasteiger charge is -2.38. The van der Waals surface area contributed by atoms with E-state index < -0.39 is 0 Å². The molecule has 2 atom stereocenters. The van der Waals surface area contributed by atoms with Gasteiger partial charge >= 0.3 is 0 Å². The summed E-state index contributed by atoms with van der Waals surface area (Å²) in [5.74, 6) is 0. The first-order valence-electron chi connectivity index (χ1n) is 7.52. The van der Waals surface area contributed by atoms with Gasteiger partial charge in [-0.05, 0) is 26.3 Å². The number of hydrogen-bond donors (Lipinski definition) is 2. The molecule has 1 aliphatic heterocycles. The van der Waals surface area contributed by atoms with Crippen molar-refractivity contribution in [3.8, 4) is 0 Å². The molecule has 0 radical (unpaired) electrons. The highest BCUT2D eigenvalue weighted by Gasteiger charge is 2.21. The molecule has 2 N–H and O–H groups in total. The highest BCUT2D eigenvalue weighted by atomic mass is 16.3. The molecule has 0 aromatic rings. The summed E-state index contributed by atoms with van der Waals surface area (Å²) >= 11 is 0. The molecule has 108 valence electrons. The van der Waals surface area contributed by atoms with Crippen LogP contribution < -0.4 is 5.32 Å². The molecule has 4 nitrogen and oxygen atoms in total. The predicted molar refractivity (Wildman–Crippen MR) is 76.9 cm³/mol. The van der Waals surface area contributed by atoms with Crippen LogP contribution in [0.4, 0.5) is 0 Å². The first kappa shape index (κ1) is 15.9. The summed E-state index contributed by atoms with van der Waals surface area (Å²) < 4.78 is 0. The summed E-state index contributed by atoms with van der Waals surface area (Å²) in [7, 11) is 0. The Kier molecular flexibility index (Phi) is 7.82. The molecule has 0 bridgehead atoms. The van der Waals surface area contributed by atoms with Gasteiger partial charge in [0.15, 0.2) is 0 Å². The Morgan fingerprint density at radius 2 is 1.83 bits per heavy atom. The van der Waals surface area contributed by atoms with Crippen molar-refractivity contribution in [2.24, 2.45) is 0 Å². The minimum atomic E-state index is -0.230. The standard InChI is InChI=1S/C14H31N3O/c1-4-6-15-11-14(18)12-16-7-9-17(10-8-16)13(3)5-2/h13-15,18H,4-12H2,1-3H3. The van der Waals surface area contributed by atoms with E-state index in [1.54, 1.807) is 0 Å². The van der Waals surface area contributed by atoms with Gasteiger partial charge in [0.05, 0.1) is 6.10 Å². The second-order valence-electron chi connectivity index (χ2n) is 5.45. The van der Waals surface area contributed by atoms with Gasteiger partial charge in [0.25, 0.3) is 0 Å². The Hall–Kier alpha value is -0.160. The lowest BCUT2D eigenvalue weighted by atomic mass is 10.2. The fourth-order valence-electron chi connectivity index (χ4n) is 2.45. The number of piperazine rings is 1. The highest BCUT2D eigenvalue weighted by Crippen LogP contribution is 2.08. The average Bonchev–Trinajstić information content (AvgIpc) is 2.39. The van der Waals surface area contributed by atoms with E-state index >= 15 is 0 Å². The minimum absolute atomic E-state index is 0.230. The molecule has 1 aliphatic rings. The summed E-state index contributed by atoms with van der Waals surface area (Å²) in [4.78, 5) is 4.94. The first-order chi connectivity index (χ1) is 8.67. The normalized spacial score (nSPS) is 22.0. The summed E-state index contributed by atoms with van der Waals surface area (Å²) in [6, 6.07) is 0.697. The fraction of sp³-hybridized carbons (Fsp3) is 1.00. The van der Waals surface area contributed by atoms with Crippen LogP contribution >= 0.6 is 0 Å². The van der Waals surface area contributed by atoms with Gasteiger partial charge in [-0.1, -0.05) is 13.8 Å². The molecule has 0 aliphatic carbocycles. The van der Waals surface area contributed by atoms with Crippen molar-refractivity contribution in [2.45, 2.75) is 45.8 Å². The van der Waals surface area contributed by atoms with Gasteiger partial charge in [-0.2, -0.15) is 0 Å². The van der Waals surface area contributed by atoms with Crippen LogP contribution in [0.25, 0.3) is 0 Å². The molecule has 2 unspecified atom stereocenters. The summed E-state index contributed by atoms with van der Waals surface area (Å²) in [5.41, 5.74) is 0. The van der Waals surface area contributed by atoms with Crippen LogP contribution in [0, 0.1) is 0 Å². The lowest BCUT2D eigenvalue weighted by Crippen LogP contribution is -2.51. The number of nitrogens with zero attached hydrogens (tertiary/aromatic N) is 2. The van der Waals surface area contributed by atoms with Crippen LogP contribution in [0.5, 0.6) is 0 Å². The zero-order valence-corrected chi connectivity index (χ0v) is 12.4. The van der Waals surface area contributed by atoms with Gasteiger partial charge in [0, 0.05) is 45.3 Å². The summed E-state index contributed by atoms with van der Waals surface area (Å²) in [5, 5.41) is 13.2. The topological polar surface area (TPSA) is 38.7 Å². The lowest BCUT2D eigenvalue weighted by molar-refractivity contribution is 0.0587. The minimum Gasteiger partial charge on any atom is -0.390 e. The zero-order valence-electron chi connectivity index (χ0n) is 12.4. The third kappa shape index (κ3) is 5.65. The largest absolute Gasteiger partial charge is 0.390 e. The Morgan fingerprint density at radius 1 is 1.17 bits per heavy atom. The molecule has 0 aromatic carbocycles. The van der Waals surface area contributed by atoms with E-state index in [1.807, 2.05) is 0 Å². The first-order valence-corrected chi connectivity index (χ1v) is 7.52. The summed E-state index contributed by atoms with van der Waals surface area (Å²) in [6.07, 6.45) is 2.12. The van der Waals surface area contributed by atoms with Gasteiger partial charge in [0.2, 0.25) is 0 Å². The van der Waals surface area contributed by atoms with E-state index in [4.69, 9.17) is 0 Å². The molecule has 0 amide bonds. The molecule has 18 heavy (non-hydrogen) atoms. The van der Waals surface area contributed by atoms with E-state index in [9.17, 15) is 5.11 Å². The van der Waals surface area contributed by atoms with E-state index in [0.29, 0.717) is 6.04 Å². The SMILES string of the molecule is CCCNCC(O)CN1CCN(C(C)CC)CC1. The maximum Gasteiger partial charge on any atom is 0.0791 e. The molecule has 1 saturated heterocycles. The molecule has 1 fully saturated rings. The quantitative estimate of drug-likeness (QED) is 0.630. The Labute approximate surface area is 112 Å². The second kappa shape index (κ2) is 8.86. The van der Waals surface area contributed by atoms with Crippen molar-refractivity contribution in [3.05, 3.63) is 0 Å². The van der Waals surface area contributed by atoms with Crippen LogP contribution in [0.1, 0.15) is 33.6 Å². The van der Waals surface area contributed by atoms with Crippen LogP contribution in [-0.4, -0.2) is 72.9 Å². The maximum absolute atomic E-state index is 9.93. The van der Waals surface area contributed by atoms with Gasteiger partial charge in [0.1, 0.15) is 0 Å². The zero-order chi connectivity index (χ0) is 13.4.